The van der Waals surface area contributed by atoms with Gasteiger partial charge in [0.15, 0.2) is 0 Å². The third kappa shape index (κ3) is 1.05. The zero-order valence-corrected chi connectivity index (χ0v) is 8.21. The number of piperidine rings is 1. The zero-order chi connectivity index (χ0) is 9.43. The lowest BCUT2D eigenvalue weighted by Gasteiger charge is -2.33. The molecular weight excluding hydrogens is 174 g/mol. The Balaban J connectivity index is 2.03. The summed E-state index contributed by atoms with van der Waals surface area (Å²) in [6.45, 7) is 3.38. The zero-order valence-electron chi connectivity index (χ0n) is 8.21. The quantitative estimate of drug-likeness (QED) is 0.642. The molecule has 14 heavy (non-hydrogen) atoms. The summed E-state index contributed by atoms with van der Waals surface area (Å²) in [5.41, 5.74) is 3.12. The minimum absolute atomic E-state index is 0.392. The molecule has 1 saturated heterocycles. The van der Waals surface area contributed by atoms with Gasteiger partial charge in [0.1, 0.15) is 0 Å². The highest BCUT2D eigenvalue weighted by atomic mass is 15.0. The second-order valence-corrected chi connectivity index (χ2v) is 4.31. The van der Waals surface area contributed by atoms with Crippen molar-refractivity contribution in [2.24, 2.45) is 0 Å². The van der Waals surface area contributed by atoms with E-state index in [2.05, 4.69) is 21.7 Å². The van der Waals surface area contributed by atoms with Gasteiger partial charge in [-0.15, -0.1) is 0 Å². The van der Waals surface area contributed by atoms with Crippen LogP contribution in [-0.4, -0.2) is 24.6 Å². The van der Waals surface area contributed by atoms with Gasteiger partial charge < -0.3 is 10.6 Å². The van der Waals surface area contributed by atoms with Crippen molar-refractivity contribution in [2.45, 2.75) is 18.3 Å². The molecule has 0 aromatic carbocycles. The van der Waals surface area contributed by atoms with Gasteiger partial charge in [-0.3, -0.25) is 4.98 Å². The molecule has 0 radical (unpaired) electrons. The van der Waals surface area contributed by atoms with Crippen molar-refractivity contribution < 1.29 is 0 Å². The van der Waals surface area contributed by atoms with Crippen LogP contribution >= 0.6 is 0 Å². The van der Waals surface area contributed by atoms with Gasteiger partial charge in [0, 0.05) is 18.2 Å². The van der Waals surface area contributed by atoms with Gasteiger partial charge in [-0.1, -0.05) is 0 Å². The molecule has 0 bridgehead atoms. The van der Waals surface area contributed by atoms with Crippen LogP contribution in [0.1, 0.15) is 18.4 Å². The van der Waals surface area contributed by atoms with Crippen LogP contribution in [0, 0.1) is 0 Å². The smallest absolute Gasteiger partial charge is 0.0565 e. The molecule has 1 spiro atoms. The Kier molecular flexibility index (Phi) is 1.74. The Morgan fingerprint density at radius 2 is 2.14 bits per heavy atom. The van der Waals surface area contributed by atoms with E-state index in [1.807, 2.05) is 12.4 Å². The lowest BCUT2D eigenvalue weighted by atomic mass is 9.75. The summed E-state index contributed by atoms with van der Waals surface area (Å²) in [6.07, 6.45) is 6.36. The predicted octanol–water partition coefficient (Wildman–Crippen LogP) is 1.13. The lowest BCUT2D eigenvalue weighted by molar-refractivity contribution is 0.335. The van der Waals surface area contributed by atoms with Gasteiger partial charge in [0.25, 0.3) is 0 Å². The fourth-order valence-electron chi connectivity index (χ4n) is 2.71. The fraction of sp³-hybridized carbons (Fsp3) is 0.545. The average molecular weight is 189 g/mol. The largest absolute Gasteiger partial charge is 0.383 e. The van der Waals surface area contributed by atoms with Crippen LogP contribution in [0.2, 0.25) is 0 Å². The number of nitrogens with one attached hydrogen (secondary N) is 2. The van der Waals surface area contributed by atoms with Crippen LogP contribution in [0.25, 0.3) is 0 Å². The molecule has 3 nitrogen and oxygen atoms in total. The summed E-state index contributed by atoms with van der Waals surface area (Å²) in [6, 6.07) is 2.18. The Labute approximate surface area is 83.9 Å². The number of pyridine rings is 1. The van der Waals surface area contributed by atoms with Gasteiger partial charge in [-0.05, 0) is 37.6 Å². The SMILES string of the molecule is c1cc2c(cn1)NCC21CCNCC1. The second-order valence-electron chi connectivity index (χ2n) is 4.31. The Hall–Kier alpha value is -1.09. The molecule has 2 N–H and O–H groups in total. The Morgan fingerprint density at radius 3 is 3.00 bits per heavy atom. The van der Waals surface area contributed by atoms with E-state index in [0.717, 1.165) is 19.6 Å². The Morgan fingerprint density at radius 1 is 1.29 bits per heavy atom. The van der Waals surface area contributed by atoms with Crippen LogP contribution in [0.5, 0.6) is 0 Å². The maximum atomic E-state index is 4.16. The number of nitrogens with zero attached hydrogens (tertiary/aromatic N) is 1. The topological polar surface area (TPSA) is 37.0 Å². The van der Waals surface area contributed by atoms with Gasteiger partial charge in [0.05, 0.1) is 11.9 Å². The summed E-state index contributed by atoms with van der Waals surface area (Å²) >= 11 is 0. The molecule has 2 aliphatic rings. The van der Waals surface area contributed by atoms with Crippen molar-refractivity contribution in [2.75, 3.05) is 25.0 Å². The van der Waals surface area contributed by atoms with Crippen LogP contribution in [0.15, 0.2) is 18.5 Å². The van der Waals surface area contributed by atoms with E-state index < -0.39 is 0 Å². The summed E-state index contributed by atoms with van der Waals surface area (Å²) in [5.74, 6) is 0. The van der Waals surface area contributed by atoms with Crippen molar-refractivity contribution in [3.05, 3.63) is 24.0 Å². The summed E-state index contributed by atoms with van der Waals surface area (Å²) in [5, 5.41) is 6.89. The van der Waals surface area contributed by atoms with E-state index in [1.54, 1.807) is 0 Å². The molecule has 2 aliphatic heterocycles. The van der Waals surface area contributed by atoms with E-state index >= 15 is 0 Å². The van der Waals surface area contributed by atoms with E-state index in [-0.39, 0.29) is 0 Å². The van der Waals surface area contributed by atoms with Crippen molar-refractivity contribution in [1.82, 2.24) is 10.3 Å². The average Bonchev–Trinajstić information content (AvgIpc) is 2.60. The molecule has 0 atom stereocenters. The molecule has 0 amide bonds. The van der Waals surface area contributed by atoms with E-state index in [0.29, 0.717) is 5.41 Å². The van der Waals surface area contributed by atoms with Crippen LogP contribution in [0.4, 0.5) is 5.69 Å². The maximum Gasteiger partial charge on any atom is 0.0565 e. The third-order valence-electron chi connectivity index (χ3n) is 3.57. The van der Waals surface area contributed by atoms with Gasteiger partial charge in [0.2, 0.25) is 0 Å². The number of rotatable bonds is 0. The van der Waals surface area contributed by atoms with Gasteiger partial charge in [-0.2, -0.15) is 0 Å². The van der Waals surface area contributed by atoms with E-state index in [4.69, 9.17) is 0 Å². The standard InChI is InChI=1S/C11H15N3/c1-4-13-7-10-9(1)11(8-14-10)2-5-12-6-3-11/h1,4,7,12,14H,2-3,5-6,8H2. The fourth-order valence-corrected chi connectivity index (χ4v) is 2.71. The molecule has 0 saturated carbocycles. The molecule has 3 heteroatoms. The minimum Gasteiger partial charge on any atom is -0.383 e. The highest BCUT2D eigenvalue weighted by Crippen LogP contribution is 2.41. The van der Waals surface area contributed by atoms with Crippen LogP contribution in [-0.2, 0) is 5.41 Å². The maximum absolute atomic E-state index is 4.16. The number of aromatic nitrogens is 1. The van der Waals surface area contributed by atoms with E-state index in [1.165, 1.54) is 24.1 Å². The van der Waals surface area contributed by atoms with E-state index in [9.17, 15) is 0 Å². The van der Waals surface area contributed by atoms with Crippen molar-refractivity contribution >= 4 is 5.69 Å². The molecule has 3 rings (SSSR count). The summed E-state index contributed by atoms with van der Waals surface area (Å²) in [7, 11) is 0. The normalized spacial score (nSPS) is 23.1. The number of anilines is 1. The molecule has 1 aromatic heterocycles. The number of hydrogen-bond acceptors (Lipinski definition) is 3. The summed E-state index contributed by atoms with van der Waals surface area (Å²) in [4.78, 5) is 4.16. The number of fused-ring (bicyclic) bond motifs is 2. The predicted molar refractivity (Wildman–Crippen MR) is 56.5 cm³/mol. The first-order valence-corrected chi connectivity index (χ1v) is 5.30. The third-order valence-corrected chi connectivity index (χ3v) is 3.57. The molecule has 0 aliphatic carbocycles. The molecule has 0 unspecified atom stereocenters. The van der Waals surface area contributed by atoms with Crippen LogP contribution < -0.4 is 10.6 Å². The molecular formula is C11H15N3. The highest BCUT2D eigenvalue weighted by Gasteiger charge is 2.39. The van der Waals surface area contributed by atoms with Gasteiger partial charge in [-0.25, -0.2) is 0 Å². The van der Waals surface area contributed by atoms with Gasteiger partial charge >= 0.3 is 0 Å². The number of hydrogen-bond donors (Lipinski definition) is 2. The molecule has 3 heterocycles. The molecule has 1 fully saturated rings. The highest BCUT2D eigenvalue weighted by molar-refractivity contribution is 5.58. The molecule has 74 valence electrons. The minimum atomic E-state index is 0.392. The Bertz CT molecular complexity index is 337. The first-order chi connectivity index (χ1) is 6.91. The van der Waals surface area contributed by atoms with Crippen molar-refractivity contribution in [3.8, 4) is 0 Å². The van der Waals surface area contributed by atoms with Crippen LogP contribution in [0.3, 0.4) is 0 Å². The monoisotopic (exact) mass is 189 g/mol. The second kappa shape index (κ2) is 2.95. The first-order valence-electron chi connectivity index (χ1n) is 5.30. The molecule has 1 aromatic rings. The first kappa shape index (κ1) is 8.24. The lowest BCUT2D eigenvalue weighted by Crippen LogP contribution is -2.41. The summed E-state index contributed by atoms with van der Waals surface area (Å²) < 4.78 is 0. The van der Waals surface area contributed by atoms with Crippen molar-refractivity contribution in [3.63, 3.8) is 0 Å². The van der Waals surface area contributed by atoms with Crippen molar-refractivity contribution in [1.29, 1.82) is 0 Å².